The van der Waals surface area contributed by atoms with Gasteiger partial charge in [0.15, 0.2) is 0 Å². The van der Waals surface area contributed by atoms with Gasteiger partial charge in [0.05, 0.1) is 0 Å². The summed E-state index contributed by atoms with van der Waals surface area (Å²) in [5, 5.41) is 11.7. The van der Waals surface area contributed by atoms with Crippen LogP contribution >= 0.6 is 0 Å². The zero-order chi connectivity index (χ0) is 9.42. The van der Waals surface area contributed by atoms with Crippen molar-refractivity contribution in [3.8, 4) is 0 Å². The molecule has 13 heavy (non-hydrogen) atoms. The second kappa shape index (κ2) is 3.05. The number of hydrogen-bond acceptors (Lipinski definition) is 2. The van der Waals surface area contributed by atoms with Crippen molar-refractivity contribution >= 4 is 5.97 Å². The minimum Gasteiger partial charge on any atom is -0.477 e. The number of carbonyl (C=O) groups is 1. The number of nitrogens with one attached hydrogen (secondary N) is 1. The first-order chi connectivity index (χ1) is 6.16. The van der Waals surface area contributed by atoms with Crippen molar-refractivity contribution < 1.29 is 9.90 Å². The molecule has 2 bridgehead atoms. The molecule has 2 rings (SSSR count). The van der Waals surface area contributed by atoms with Gasteiger partial charge in [0.2, 0.25) is 0 Å². The normalized spacial score (nSPS) is 36.2. The summed E-state index contributed by atoms with van der Waals surface area (Å²) in [6.45, 7) is 3.49. The molecule has 0 aliphatic heterocycles. The van der Waals surface area contributed by atoms with E-state index in [4.69, 9.17) is 5.11 Å². The largest absolute Gasteiger partial charge is 0.477 e. The molecular weight excluding hydrogens is 166 g/mol. The van der Waals surface area contributed by atoms with Gasteiger partial charge in [-0.2, -0.15) is 0 Å². The van der Waals surface area contributed by atoms with Crippen molar-refractivity contribution in [1.29, 1.82) is 0 Å². The second-order valence-electron chi connectivity index (χ2n) is 4.21. The Labute approximate surface area is 77.8 Å². The molecule has 0 heterocycles. The van der Waals surface area contributed by atoms with Crippen LogP contribution in [0.5, 0.6) is 0 Å². The number of fused-ring (bicyclic) bond motifs is 2. The Balaban J connectivity index is 1.90. The van der Waals surface area contributed by atoms with E-state index >= 15 is 0 Å². The molecule has 3 unspecified atom stereocenters. The molecule has 0 aromatic heterocycles. The van der Waals surface area contributed by atoms with Crippen LogP contribution in [0.2, 0.25) is 0 Å². The van der Waals surface area contributed by atoms with Crippen molar-refractivity contribution in [2.45, 2.75) is 31.7 Å². The van der Waals surface area contributed by atoms with Gasteiger partial charge < -0.3 is 10.4 Å². The van der Waals surface area contributed by atoms with Crippen LogP contribution in [0.3, 0.4) is 0 Å². The number of rotatable bonds is 3. The molecule has 3 heteroatoms. The lowest BCUT2D eigenvalue weighted by atomic mass is 9.95. The van der Waals surface area contributed by atoms with E-state index in [0.717, 1.165) is 12.3 Å². The summed E-state index contributed by atoms with van der Waals surface area (Å²) in [6, 6.07) is 0.377. The number of carboxylic acids is 1. The van der Waals surface area contributed by atoms with Gasteiger partial charge >= 0.3 is 5.97 Å². The van der Waals surface area contributed by atoms with Crippen LogP contribution < -0.4 is 5.32 Å². The Kier molecular flexibility index (Phi) is 2.02. The SMILES string of the molecule is C=C(NC1CC2CCC1C2)C(=O)O. The van der Waals surface area contributed by atoms with Crippen molar-refractivity contribution in [3.05, 3.63) is 12.3 Å². The molecule has 2 aliphatic rings. The molecule has 72 valence electrons. The highest BCUT2D eigenvalue weighted by Gasteiger charge is 2.39. The molecule has 3 atom stereocenters. The fourth-order valence-corrected chi connectivity index (χ4v) is 2.71. The first-order valence-electron chi connectivity index (χ1n) is 4.85. The topological polar surface area (TPSA) is 49.3 Å². The molecule has 0 spiro atoms. The van der Waals surface area contributed by atoms with Crippen LogP contribution in [-0.2, 0) is 4.79 Å². The molecular formula is C10H15NO2. The highest BCUT2D eigenvalue weighted by atomic mass is 16.4. The smallest absolute Gasteiger partial charge is 0.351 e. The summed E-state index contributed by atoms with van der Waals surface area (Å²) in [5.74, 6) is 0.605. The number of carboxylic acid groups (broad SMARTS) is 1. The summed E-state index contributed by atoms with van der Waals surface area (Å²) < 4.78 is 0. The summed E-state index contributed by atoms with van der Waals surface area (Å²) in [6.07, 6.45) is 5.01. The van der Waals surface area contributed by atoms with Crippen molar-refractivity contribution in [2.75, 3.05) is 0 Å². The maximum atomic E-state index is 10.5. The summed E-state index contributed by atoms with van der Waals surface area (Å²) in [7, 11) is 0. The van der Waals surface area contributed by atoms with E-state index in [1.807, 2.05) is 0 Å². The van der Waals surface area contributed by atoms with Gasteiger partial charge in [0.1, 0.15) is 5.70 Å². The van der Waals surface area contributed by atoms with Gasteiger partial charge in [-0.3, -0.25) is 0 Å². The molecule has 0 aromatic carbocycles. The molecule has 2 aliphatic carbocycles. The van der Waals surface area contributed by atoms with Gasteiger partial charge in [-0.1, -0.05) is 13.0 Å². The average molecular weight is 181 g/mol. The molecule has 2 N–H and O–H groups in total. The predicted octanol–water partition coefficient (Wildman–Crippen LogP) is 1.36. The molecule has 0 saturated heterocycles. The van der Waals surface area contributed by atoms with Crippen LogP contribution in [0, 0.1) is 11.8 Å². The van der Waals surface area contributed by atoms with Crippen LogP contribution in [-0.4, -0.2) is 17.1 Å². The summed E-state index contributed by atoms with van der Waals surface area (Å²) >= 11 is 0. The van der Waals surface area contributed by atoms with E-state index in [-0.39, 0.29) is 5.70 Å². The lowest BCUT2D eigenvalue weighted by Gasteiger charge is -2.23. The second-order valence-corrected chi connectivity index (χ2v) is 4.21. The van der Waals surface area contributed by atoms with Gasteiger partial charge in [0.25, 0.3) is 0 Å². The van der Waals surface area contributed by atoms with E-state index in [1.165, 1.54) is 19.3 Å². The lowest BCUT2D eigenvalue weighted by Crippen LogP contribution is -2.35. The Morgan fingerprint density at radius 1 is 1.38 bits per heavy atom. The van der Waals surface area contributed by atoms with Crippen molar-refractivity contribution in [1.82, 2.24) is 5.32 Å². The zero-order valence-electron chi connectivity index (χ0n) is 7.62. The monoisotopic (exact) mass is 181 g/mol. The lowest BCUT2D eigenvalue weighted by molar-refractivity contribution is -0.133. The van der Waals surface area contributed by atoms with Crippen LogP contribution in [0.1, 0.15) is 25.7 Å². The number of aliphatic carboxylic acids is 1. The summed E-state index contributed by atoms with van der Waals surface area (Å²) in [5.41, 5.74) is 0.151. The fourth-order valence-electron chi connectivity index (χ4n) is 2.71. The van der Waals surface area contributed by atoms with E-state index in [0.29, 0.717) is 12.0 Å². The van der Waals surface area contributed by atoms with E-state index in [2.05, 4.69) is 11.9 Å². The van der Waals surface area contributed by atoms with Crippen molar-refractivity contribution in [3.63, 3.8) is 0 Å². The van der Waals surface area contributed by atoms with Crippen LogP contribution in [0.4, 0.5) is 0 Å². The Bertz CT molecular complexity index is 249. The molecule has 0 radical (unpaired) electrons. The highest BCUT2D eigenvalue weighted by molar-refractivity contribution is 5.85. The molecule has 0 aromatic rings. The third kappa shape index (κ3) is 1.55. The minimum absolute atomic E-state index is 0.151. The third-order valence-corrected chi connectivity index (χ3v) is 3.36. The standard InChI is InChI=1S/C10H15NO2/c1-6(10(12)13)11-9-5-7-2-3-8(9)4-7/h7-9,11H,1-5H2,(H,12,13). The molecule has 2 saturated carbocycles. The zero-order valence-corrected chi connectivity index (χ0v) is 7.62. The minimum atomic E-state index is -0.928. The molecule has 2 fully saturated rings. The van der Waals surface area contributed by atoms with E-state index in [1.54, 1.807) is 0 Å². The predicted molar refractivity (Wildman–Crippen MR) is 49.1 cm³/mol. The summed E-state index contributed by atoms with van der Waals surface area (Å²) in [4.78, 5) is 10.5. The highest BCUT2D eigenvalue weighted by Crippen LogP contribution is 2.44. The van der Waals surface area contributed by atoms with Gasteiger partial charge in [-0.15, -0.1) is 0 Å². The maximum Gasteiger partial charge on any atom is 0.351 e. The maximum absolute atomic E-state index is 10.5. The third-order valence-electron chi connectivity index (χ3n) is 3.36. The average Bonchev–Trinajstić information content (AvgIpc) is 2.64. The Morgan fingerprint density at radius 3 is 2.62 bits per heavy atom. The molecule has 0 amide bonds. The first kappa shape index (κ1) is 8.60. The Morgan fingerprint density at radius 2 is 2.15 bits per heavy atom. The quantitative estimate of drug-likeness (QED) is 0.646. The molecule has 3 nitrogen and oxygen atoms in total. The van der Waals surface area contributed by atoms with Gasteiger partial charge in [0, 0.05) is 6.04 Å². The van der Waals surface area contributed by atoms with Gasteiger partial charge in [-0.05, 0) is 31.1 Å². The Hall–Kier alpha value is -0.990. The first-order valence-corrected chi connectivity index (χ1v) is 4.85. The van der Waals surface area contributed by atoms with Gasteiger partial charge in [-0.25, -0.2) is 4.79 Å². The fraction of sp³-hybridized carbons (Fsp3) is 0.700. The number of hydrogen-bond donors (Lipinski definition) is 2. The van der Waals surface area contributed by atoms with E-state index in [9.17, 15) is 4.79 Å². The van der Waals surface area contributed by atoms with Crippen LogP contribution in [0.25, 0.3) is 0 Å². The van der Waals surface area contributed by atoms with Crippen molar-refractivity contribution in [2.24, 2.45) is 11.8 Å². The van der Waals surface area contributed by atoms with E-state index < -0.39 is 5.97 Å². The van der Waals surface area contributed by atoms with Crippen LogP contribution in [0.15, 0.2) is 12.3 Å².